The number of piperidine rings is 1. The van der Waals surface area contributed by atoms with Gasteiger partial charge in [-0.3, -0.25) is 0 Å². The highest BCUT2D eigenvalue weighted by Gasteiger charge is 2.16. The molecule has 10 heavy (non-hydrogen) atoms. The van der Waals surface area contributed by atoms with Gasteiger partial charge < -0.3 is 5.32 Å². The summed E-state index contributed by atoms with van der Waals surface area (Å²) in [7, 11) is 0. The zero-order chi connectivity index (χ0) is 6.69. The number of rotatable bonds is 0. The van der Waals surface area contributed by atoms with Crippen molar-refractivity contribution >= 4 is 12.4 Å². The average molecular weight is 161 g/mol. The monoisotopic (exact) mass is 160 g/mol. The minimum atomic E-state index is 0. The van der Waals surface area contributed by atoms with Gasteiger partial charge in [0.25, 0.3) is 0 Å². The fraction of sp³-hybridized carbons (Fsp3) is 0.857. The van der Waals surface area contributed by atoms with E-state index in [1.54, 1.807) is 0 Å². The summed E-state index contributed by atoms with van der Waals surface area (Å²) in [6, 6.07) is 2.84. The van der Waals surface area contributed by atoms with Crippen molar-refractivity contribution < 1.29 is 0 Å². The van der Waals surface area contributed by atoms with Crippen molar-refractivity contribution in [1.29, 1.82) is 5.26 Å². The maximum atomic E-state index is 8.53. The van der Waals surface area contributed by atoms with Crippen LogP contribution in [0.25, 0.3) is 0 Å². The molecule has 3 heteroatoms. The second-order valence-electron chi connectivity index (χ2n) is 2.71. The zero-order valence-corrected chi connectivity index (χ0v) is 6.95. The summed E-state index contributed by atoms with van der Waals surface area (Å²) < 4.78 is 0. The fourth-order valence-corrected chi connectivity index (χ4v) is 1.25. The van der Waals surface area contributed by atoms with Crippen LogP contribution in [0.4, 0.5) is 0 Å². The largest absolute Gasteiger partial charge is 0.314 e. The molecule has 58 valence electrons. The molecule has 1 aliphatic heterocycles. The molecule has 1 rings (SSSR count). The standard InChI is InChI=1S/C7H12N2.ClH/c1-6-4-7(5-8)2-3-9-6;/h6-7,9H,2-4H2,1H3;1H/t6-,7+;/m1./s1. The molecule has 1 aliphatic rings. The number of nitriles is 1. The Morgan fingerprint density at radius 3 is 2.70 bits per heavy atom. The third kappa shape index (κ3) is 2.55. The molecular weight excluding hydrogens is 148 g/mol. The lowest BCUT2D eigenvalue weighted by molar-refractivity contribution is 0.368. The van der Waals surface area contributed by atoms with Gasteiger partial charge in [-0.25, -0.2) is 0 Å². The summed E-state index contributed by atoms with van der Waals surface area (Å²) >= 11 is 0. The van der Waals surface area contributed by atoms with Gasteiger partial charge in [0.2, 0.25) is 0 Å². The number of halogens is 1. The minimum Gasteiger partial charge on any atom is -0.314 e. The Balaban J connectivity index is 0.000000810. The van der Waals surface area contributed by atoms with Gasteiger partial charge >= 0.3 is 0 Å². The SMILES string of the molecule is C[C@@H]1C[C@@H](C#N)CCN1.Cl. The Morgan fingerprint density at radius 1 is 1.60 bits per heavy atom. The molecule has 0 radical (unpaired) electrons. The second-order valence-corrected chi connectivity index (χ2v) is 2.71. The zero-order valence-electron chi connectivity index (χ0n) is 6.13. The van der Waals surface area contributed by atoms with Crippen LogP contribution in [0.5, 0.6) is 0 Å². The van der Waals surface area contributed by atoms with Crippen molar-refractivity contribution in [1.82, 2.24) is 5.32 Å². The van der Waals surface area contributed by atoms with Crippen LogP contribution in [0.2, 0.25) is 0 Å². The van der Waals surface area contributed by atoms with E-state index in [0.29, 0.717) is 12.0 Å². The summed E-state index contributed by atoms with van der Waals surface area (Å²) in [6.07, 6.45) is 2.05. The molecule has 0 aromatic carbocycles. The van der Waals surface area contributed by atoms with Crippen molar-refractivity contribution in [2.75, 3.05) is 6.54 Å². The normalized spacial score (nSPS) is 32.0. The molecule has 0 aliphatic carbocycles. The van der Waals surface area contributed by atoms with Crippen molar-refractivity contribution in [3.8, 4) is 6.07 Å². The van der Waals surface area contributed by atoms with Gasteiger partial charge in [-0.1, -0.05) is 0 Å². The second kappa shape index (κ2) is 4.54. The lowest BCUT2D eigenvalue weighted by atomic mass is 9.95. The molecule has 2 atom stereocenters. The molecule has 0 spiro atoms. The minimum absolute atomic E-state index is 0. The number of hydrogen-bond donors (Lipinski definition) is 1. The molecule has 0 aromatic heterocycles. The van der Waals surface area contributed by atoms with Gasteiger partial charge in [0.05, 0.1) is 6.07 Å². The molecule has 0 amide bonds. The maximum absolute atomic E-state index is 8.53. The molecule has 1 heterocycles. The first-order valence-electron chi connectivity index (χ1n) is 3.46. The van der Waals surface area contributed by atoms with Gasteiger partial charge in [-0.2, -0.15) is 5.26 Å². The molecule has 0 aromatic rings. The van der Waals surface area contributed by atoms with E-state index >= 15 is 0 Å². The summed E-state index contributed by atoms with van der Waals surface area (Å²) in [5.41, 5.74) is 0. The molecule has 0 bridgehead atoms. The highest BCUT2D eigenvalue weighted by atomic mass is 35.5. The molecule has 0 saturated carbocycles. The average Bonchev–Trinajstić information content (AvgIpc) is 1.88. The van der Waals surface area contributed by atoms with Crippen molar-refractivity contribution in [3.63, 3.8) is 0 Å². The smallest absolute Gasteiger partial charge is 0.0656 e. The first-order valence-corrected chi connectivity index (χ1v) is 3.46. The quantitative estimate of drug-likeness (QED) is 0.580. The first-order chi connectivity index (χ1) is 4.33. The predicted octanol–water partition coefficient (Wildman–Crippen LogP) is 1.32. The third-order valence-corrected chi connectivity index (χ3v) is 1.81. The highest BCUT2D eigenvalue weighted by Crippen LogP contribution is 2.13. The molecule has 1 N–H and O–H groups in total. The summed E-state index contributed by atoms with van der Waals surface area (Å²) in [6.45, 7) is 3.14. The van der Waals surface area contributed by atoms with Crippen LogP contribution in [0.3, 0.4) is 0 Å². The first kappa shape index (κ1) is 9.74. The molecule has 1 fully saturated rings. The van der Waals surface area contributed by atoms with Crippen LogP contribution in [-0.2, 0) is 0 Å². The Hall–Kier alpha value is -0.260. The van der Waals surface area contributed by atoms with E-state index < -0.39 is 0 Å². The van der Waals surface area contributed by atoms with Gasteiger partial charge in [0.1, 0.15) is 0 Å². The third-order valence-electron chi connectivity index (χ3n) is 1.81. The van der Waals surface area contributed by atoms with Crippen LogP contribution in [0, 0.1) is 17.2 Å². The van der Waals surface area contributed by atoms with E-state index in [9.17, 15) is 0 Å². The molecule has 0 unspecified atom stereocenters. The van der Waals surface area contributed by atoms with Gasteiger partial charge in [0, 0.05) is 12.0 Å². The van der Waals surface area contributed by atoms with E-state index in [0.717, 1.165) is 19.4 Å². The van der Waals surface area contributed by atoms with E-state index in [1.165, 1.54) is 0 Å². The van der Waals surface area contributed by atoms with Crippen molar-refractivity contribution in [3.05, 3.63) is 0 Å². The highest BCUT2D eigenvalue weighted by molar-refractivity contribution is 5.85. The number of hydrogen-bond acceptors (Lipinski definition) is 2. The van der Waals surface area contributed by atoms with Gasteiger partial charge in [-0.15, -0.1) is 12.4 Å². The molecule has 1 saturated heterocycles. The van der Waals surface area contributed by atoms with Gasteiger partial charge in [0.15, 0.2) is 0 Å². The van der Waals surface area contributed by atoms with E-state index in [1.807, 2.05) is 0 Å². The van der Waals surface area contributed by atoms with E-state index in [2.05, 4.69) is 18.3 Å². The lowest BCUT2D eigenvalue weighted by Crippen LogP contribution is -2.35. The fourth-order valence-electron chi connectivity index (χ4n) is 1.25. The molecular formula is C7H13ClN2. The van der Waals surface area contributed by atoms with Crippen LogP contribution in [0.1, 0.15) is 19.8 Å². The summed E-state index contributed by atoms with van der Waals surface area (Å²) in [5.74, 6) is 0.307. The van der Waals surface area contributed by atoms with Crippen LogP contribution >= 0.6 is 12.4 Å². The van der Waals surface area contributed by atoms with Crippen molar-refractivity contribution in [2.45, 2.75) is 25.8 Å². The Kier molecular flexibility index (Phi) is 4.42. The lowest BCUT2D eigenvalue weighted by Gasteiger charge is -2.22. The Morgan fingerprint density at radius 2 is 2.30 bits per heavy atom. The maximum Gasteiger partial charge on any atom is 0.0656 e. The number of nitrogens with one attached hydrogen (secondary N) is 1. The molecule has 2 nitrogen and oxygen atoms in total. The Bertz CT molecular complexity index is 130. The summed E-state index contributed by atoms with van der Waals surface area (Å²) in [4.78, 5) is 0. The van der Waals surface area contributed by atoms with E-state index in [4.69, 9.17) is 5.26 Å². The Labute approximate surface area is 68.0 Å². The number of nitrogens with zero attached hydrogens (tertiary/aromatic N) is 1. The topological polar surface area (TPSA) is 35.8 Å². The van der Waals surface area contributed by atoms with E-state index in [-0.39, 0.29) is 12.4 Å². The van der Waals surface area contributed by atoms with Crippen LogP contribution < -0.4 is 5.32 Å². The van der Waals surface area contributed by atoms with Crippen molar-refractivity contribution in [2.24, 2.45) is 5.92 Å². The van der Waals surface area contributed by atoms with Crippen LogP contribution in [-0.4, -0.2) is 12.6 Å². The summed E-state index contributed by atoms with van der Waals surface area (Å²) in [5, 5.41) is 11.8. The van der Waals surface area contributed by atoms with Gasteiger partial charge in [-0.05, 0) is 26.3 Å². The predicted molar refractivity (Wildman–Crippen MR) is 43.0 cm³/mol. The van der Waals surface area contributed by atoms with Crippen LogP contribution in [0.15, 0.2) is 0 Å².